The van der Waals surface area contributed by atoms with Crippen molar-refractivity contribution in [2.24, 2.45) is 4.99 Å². The van der Waals surface area contributed by atoms with Gasteiger partial charge >= 0.3 is 0 Å². The molecule has 0 spiro atoms. The van der Waals surface area contributed by atoms with Crippen LogP contribution in [0.25, 0.3) is 0 Å². The standard InChI is InChI=1S/C24H22Br2N2O2/c1-15-5-4-6-19(10-15)28-23(29)14-30-24-20(25)11-18(12-21(24)26)13-27-22-8-7-16(2)9-17(22)3/h4-13H,14H2,1-3H3,(H,28,29). The van der Waals surface area contributed by atoms with Crippen molar-refractivity contribution >= 4 is 55.4 Å². The number of aliphatic imine (C=N–C) groups is 1. The van der Waals surface area contributed by atoms with Gasteiger partial charge in [-0.1, -0.05) is 29.8 Å². The minimum Gasteiger partial charge on any atom is -0.481 e. The number of hydrogen-bond acceptors (Lipinski definition) is 3. The summed E-state index contributed by atoms with van der Waals surface area (Å²) in [5, 5.41) is 2.84. The van der Waals surface area contributed by atoms with Gasteiger partial charge in [-0.15, -0.1) is 0 Å². The summed E-state index contributed by atoms with van der Waals surface area (Å²) in [6.45, 7) is 5.99. The Morgan fingerprint density at radius 1 is 1.00 bits per heavy atom. The molecule has 3 rings (SSSR count). The first kappa shape index (κ1) is 22.2. The SMILES string of the molecule is Cc1cccc(NC(=O)COc2c(Br)cc(C=Nc3ccc(C)cc3C)cc2Br)c1. The summed E-state index contributed by atoms with van der Waals surface area (Å²) in [7, 11) is 0. The van der Waals surface area contributed by atoms with E-state index >= 15 is 0 Å². The number of nitrogens with zero attached hydrogens (tertiary/aromatic N) is 1. The fourth-order valence-electron chi connectivity index (χ4n) is 2.94. The van der Waals surface area contributed by atoms with Gasteiger partial charge in [0.25, 0.3) is 5.91 Å². The highest BCUT2D eigenvalue weighted by Crippen LogP contribution is 2.34. The first-order chi connectivity index (χ1) is 14.3. The van der Waals surface area contributed by atoms with Crippen molar-refractivity contribution in [3.05, 3.63) is 85.8 Å². The zero-order chi connectivity index (χ0) is 21.7. The second kappa shape index (κ2) is 10.0. The summed E-state index contributed by atoms with van der Waals surface area (Å²) < 4.78 is 7.21. The molecule has 1 amide bonds. The molecule has 0 heterocycles. The lowest BCUT2D eigenvalue weighted by Gasteiger charge is -2.12. The summed E-state index contributed by atoms with van der Waals surface area (Å²) >= 11 is 7.05. The van der Waals surface area contributed by atoms with Gasteiger partial charge in [-0.2, -0.15) is 0 Å². The predicted octanol–water partition coefficient (Wildman–Crippen LogP) is 6.90. The molecule has 3 aromatic carbocycles. The molecule has 0 aromatic heterocycles. The molecule has 3 aromatic rings. The Morgan fingerprint density at radius 2 is 1.70 bits per heavy atom. The second-order valence-electron chi connectivity index (χ2n) is 7.07. The molecule has 1 N–H and O–H groups in total. The first-order valence-electron chi connectivity index (χ1n) is 9.41. The van der Waals surface area contributed by atoms with E-state index in [4.69, 9.17) is 4.74 Å². The normalized spacial score (nSPS) is 11.0. The number of nitrogens with one attached hydrogen (secondary N) is 1. The van der Waals surface area contributed by atoms with Crippen molar-refractivity contribution in [1.29, 1.82) is 0 Å². The van der Waals surface area contributed by atoms with Crippen LogP contribution in [-0.4, -0.2) is 18.7 Å². The molecule has 6 heteroatoms. The number of carbonyl (C=O) groups is 1. The number of anilines is 1. The number of carbonyl (C=O) groups excluding carboxylic acids is 1. The van der Waals surface area contributed by atoms with Crippen molar-refractivity contribution in [3.8, 4) is 5.75 Å². The Kier molecular flexibility index (Phi) is 7.45. The van der Waals surface area contributed by atoms with Crippen molar-refractivity contribution in [3.63, 3.8) is 0 Å². The smallest absolute Gasteiger partial charge is 0.262 e. The lowest BCUT2D eigenvalue weighted by Crippen LogP contribution is -2.20. The zero-order valence-corrected chi connectivity index (χ0v) is 20.2. The van der Waals surface area contributed by atoms with Crippen LogP contribution in [0.2, 0.25) is 0 Å². The minimum atomic E-state index is -0.222. The quantitative estimate of drug-likeness (QED) is 0.353. The number of aryl methyl sites for hydroxylation is 3. The number of ether oxygens (including phenoxy) is 1. The average molecular weight is 530 g/mol. The summed E-state index contributed by atoms with van der Waals surface area (Å²) in [5.74, 6) is 0.345. The lowest BCUT2D eigenvalue weighted by molar-refractivity contribution is -0.118. The molecule has 30 heavy (non-hydrogen) atoms. The third kappa shape index (κ3) is 6.03. The van der Waals surface area contributed by atoms with Gasteiger partial charge in [-0.3, -0.25) is 9.79 Å². The van der Waals surface area contributed by atoms with Gasteiger partial charge in [0.2, 0.25) is 0 Å². The number of benzene rings is 3. The van der Waals surface area contributed by atoms with E-state index in [1.54, 1.807) is 6.21 Å². The van der Waals surface area contributed by atoms with Crippen LogP contribution in [0.5, 0.6) is 5.75 Å². The molecule has 0 radical (unpaired) electrons. The molecule has 4 nitrogen and oxygen atoms in total. The monoisotopic (exact) mass is 528 g/mol. The largest absolute Gasteiger partial charge is 0.481 e. The summed E-state index contributed by atoms with van der Waals surface area (Å²) in [6.07, 6.45) is 1.81. The number of halogens is 2. The van der Waals surface area contributed by atoms with Crippen LogP contribution in [0.4, 0.5) is 11.4 Å². The molecular weight excluding hydrogens is 508 g/mol. The Morgan fingerprint density at radius 3 is 2.37 bits per heavy atom. The molecular formula is C24H22Br2N2O2. The highest BCUT2D eigenvalue weighted by Gasteiger charge is 2.11. The molecule has 0 aliphatic rings. The number of amides is 1. The van der Waals surface area contributed by atoms with Gasteiger partial charge < -0.3 is 10.1 Å². The molecule has 0 saturated heterocycles. The van der Waals surface area contributed by atoms with Crippen LogP contribution in [0, 0.1) is 20.8 Å². The number of rotatable bonds is 6. The Labute approximate surface area is 193 Å². The predicted molar refractivity (Wildman–Crippen MR) is 130 cm³/mol. The second-order valence-corrected chi connectivity index (χ2v) is 8.78. The van der Waals surface area contributed by atoms with Crippen LogP contribution in [0.15, 0.2) is 68.5 Å². The van der Waals surface area contributed by atoms with Crippen molar-refractivity contribution in [1.82, 2.24) is 0 Å². The Balaban J connectivity index is 1.67. The summed E-state index contributed by atoms with van der Waals surface area (Å²) in [6, 6.07) is 17.6. The van der Waals surface area contributed by atoms with Crippen LogP contribution >= 0.6 is 31.9 Å². The third-order valence-electron chi connectivity index (χ3n) is 4.38. The van der Waals surface area contributed by atoms with Crippen LogP contribution in [-0.2, 0) is 4.79 Å². The lowest BCUT2D eigenvalue weighted by atomic mass is 10.1. The topological polar surface area (TPSA) is 50.7 Å². The Bertz CT molecular complexity index is 1090. The van der Waals surface area contributed by atoms with Crippen LogP contribution in [0.3, 0.4) is 0 Å². The van der Waals surface area contributed by atoms with E-state index < -0.39 is 0 Å². The summed E-state index contributed by atoms with van der Waals surface area (Å²) in [5.41, 5.74) is 6.01. The fraction of sp³-hybridized carbons (Fsp3) is 0.167. The van der Waals surface area contributed by atoms with Gasteiger partial charge in [0, 0.05) is 11.9 Å². The maximum Gasteiger partial charge on any atom is 0.262 e. The van der Waals surface area contributed by atoms with Gasteiger partial charge in [0.05, 0.1) is 14.6 Å². The Hall–Kier alpha value is -2.44. The highest BCUT2D eigenvalue weighted by atomic mass is 79.9. The first-order valence-corrected chi connectivity index (χ1v) is 11.0. The average Bonchev–Trinajstić information content (AvgIpc) is 2.66. The number of hydrogen-bond donors (Lipinski definition) is 1. The van der Waals surface area contributed by atoms with E-state index in [2.05, 4.69) is 55.2 Å². The molecule has 0 bridgehead atoms. The van der Waals surface area contributed by atoms with Gasteiger partial charge in [0.1, 0.15) is 5.75 Å². The van der Waals surface area contributed by atoms with Gasteiger partial charge in [-0.05, 0) is 99.7 Å². The maximum atomic E-state index is 12.2. The fourth-order valence-corrected chi connectivity index (χ4v) is 4.39. The molecule has 154 valence electrons. The molecule has 0 atom stereocenters. The van der Waals surface area contributed by atoms with Crippen molar-refractivity contribution < 1.29 is 9.53 Å². The van der Waals surface area contributed by atoms with E-state index in [1.165, 1.54) is 5.56 Å². The van der Waals surface area contributed by atoms with Crippen molar-refractivity contribution in [2.45, 2.75) is 20.8 Å². The minimum absolute atomic E-state index is 0.0961. The van der Waals surface area contributed by atoms with Crippen LogP contribution < -0.4 is 10.1 Å². The van der Waals surface area contributed by atoms with E-state index in [0.717, 1.165) is 37.0 Å². The molecule has 0 fully saturated rings. The maximum absolute atomic E-state index is 12.2. The van der Waals surface area contributed by atoms with E-state index in [0.29, 0.717) is 5.75 Å². The molecule has 0 aliphatic heterocycles. The zero-order valence-electron chi connectivity index (χ0n) is 17.0. The van der Waals surface area contributed by atoms with Crippen LogP contribution in [0.1, 0.15) is 22.3 Å². The molecule has 0 unspecified atom stereocenters. The van der Waals surface area contributed by atoms with Crippen molar-refractivity contribution in [2.75, 3.05) is 11.9 Å². The summed E-state index contributed by atoms with van der Waals surface area (Å²) in [4.78, 5) is 16.8. The highest BCUT2D eigenvalue weighted by molar-refractivity contribution is 9.11. The van der Waals surface area contributed by atoms with E-state index in [9.17, 15) is 4.79 Å². The van der Waals surface area contributed by atoms with E-state index in [1.807, 2.05) is 62.4 Å². The van der Waals surface area contributed by atoms with E-state index in [-0.39, 0.29) is 12.5 Å². The van der Waals surface area contributed by atoms with Gasteiger partial charge in [-0.25, -0.2) is 0 Å². The molecule has 0 saturated carbocycles. The molecule has 0 aliphatic carbocycles. The van der Waals surface area contributed by atoms with Gasteiger partial charge in [0.15, 0.2) is 6.61 Å². The third-order valence-corrected chi connectivity index (χ3v) is 5.55.